The average Bonchev–Trinajstić information content (AvgIpc) is 3.06. The first kappa shape index (κ1) is 16.5. The molecular formula is C18H24N4O2. The lowest BCUT2D eigenvalue weighted by atomic mass is 9.92. The van der Waals surface area contributed by atoms with E-state index < -0.39 is 0 Å². The Hall–Kier alpha value is -2.34. The van der Waals surface area contributed by atoms with Crippen molar-refractivity contribution in [3.05, 3.63) is 42.2 Å². The van der Waals surface area contributed by atoms with Crippen LogP contribution in [0.3, 0.4) is 0 Å². The highest BCUT2D eigenvalue weighted by Gasteiger charge is 2.32. The van der Waals surface area contributed by atoms with Crippen molar-refractivity contribution in [2.75, 3.05) is 20.2 Å². The van der Waals surface area contributed by atoms with Crippen LogP contribution >= 0.6 is 0 Å². The molecule has 0 saturated carbocycles. The lowest BCUT2D eigenvalue weighted by molar-refractivity contribution is 0.0564. The molecule has 0 spiro atoms. The van der Waals surface area contributed by atoms with Crippen LogP contribution in [-0.4, -0.2) is 46.8 Å². The van der Waals surface area contributed by atoms with Gasteiger partial charge in [0.25, 0.3) is 5.91 Å². The summed E-state index contributed by atoms with van der Waals surface area (Å²) >= 11 is 0. The van der Waals surface area contributed by atoms with Gasteiger partial charge in [0.05, 0.1) is 19.0 Å². The number of nitrogens with zero attached hydrogens (tertiary/aromatic N) is 3. The molecule has 2 atom stereocenters. The maximum atomic E-state index is 13.0. The van der Waals surface area contributed by atoms with Crippen molar-refractivity contribution >= 4 is 5.91 Å². The van der Waals surface area contributed by atoms with E-state index in [1.807, 2.05) is 35.2 Å². The molecule has 2 unspecified atom stereocenters. The van der Waals surface area contributed by atoms with Gasteiger partial charge < -0.3 is 15.4 Å². The monoisotopic (exact) mass is 328 g/mol. The van der Waals surface area contributed by atoms with Crippen molar-refractivity contribution in [2.24, 2.45) is 11.7 Å². The summed E-state index contributed by atoms with van der Waals surface area (Å²) in [6, 6.07) is 9.74. The molecule has 1 saturated heterocycles. The van der Waals surface area contributed by atoms with Crippen LogP contribution in [0, 0.1) is 5.92 Å². The Balaban J connectivity index is 1.90. The molecule has 6 nitrogen and oxygen atoms in total. The number of hydrogen-bond acceptors (Lipinski definition) is 4. The number of likely N-dealkylation sites (tertiary alicyclic amines) is 1. The molecule has 2 heterocycles. The summed E-state index contributed by atoms with van der Waals surface area (Å²) in [5, 5.41) is 4.47. The van der Waals surface area contributed by atoms with Crippen molar-refractivity contribution in [2.45, 2.75) is 25.8 Å². The summed E-state index contributed by atoms with van der Waals surface area (Å²) in [5.74, 6) is 0.966. The number of ether oxygens (including phenoxy) is 1. The summed E-state index contributed by atoms with van der Waals surface area (Å²) in [6.45, 7) is 3.39. The number of hydrogen-bond donors (Lipinski definition) is 1. The number of benzene rings is 1. The summed E-state index contributed by atoms with van der Waals surface area (Å²) in [6.07, 6.45) is 3.67. The molecule has 2 aromatic rings. The lowest BCUT2D eigenvalue weighted by Gasteiger charge is -2.37. The Morgan fingerprint density at radius 3 is 2.79 bits per heavy atom. The van der Waals surface area contributed by atoms with E-state index in [1.165, 1.54) is 0 Å². The van der Waals surface area contributed by atoms with Crippen molar-refractivity contribution in [3.8, 4) is 11.4 Å². The number of aromatic nitrogens is 2. The topological polar surface area (TPSA) is 73.4 Å². The summed E-state index contributed by atoms with van der Waals surface area (Å²) in [5.41, 5.74) is 7.12. The van der Waals surface area contributed by atoms with E-state index in [2.05, 4.69) is 12.0 Å². The number of nitrogens with two attached hydrogens (primary N) is 1. The first-order valence-corrected chi connectivity index (χ1v) is 8.34. The van der Waals surface area contributed by atoms with Crippen LogP contribution in [0.15, 0.2) is 36.5 Å². The van der Waals surface area contributed by atoms with Crippen molar-refractivity contribution in [1.82, 2.24) is 14.7 Å². The molecule has 6 heteroatoms. The molecule has 1 amide bonds. The van der Waals surface area contributed by atoms with Gasteiger partial charge in [0.15, 0.2) is 11.4 Å². The number of carbonyl (C=O) groups is 1. The minimum absolute atomic E-state index is 0.0628. The number of methoxy groups -OCH3 is 1. The second-order valence-electron chi connectivity index (χ2n) is 6.34. The maximum Gasteiger partial charge on any atom is 0.278 e. The van der Waals surface area contributed by atoms with Gasteiger partial charge in [0.2, 0.25) is 0 Å². The fraction of sp³-hybridized carbons (Fsp3) is 0.444. The standard InChI is InChI=1S/C18H24N4O2/c1-13-8-9-21(15(10-13)11-19)18(23)17-16(24-2)12-22(20-17)14-6-4-3-5-7-14/h3-7,12-13,15H,8-11,19H2,1-2H3. The summed E-state index contributed by atoms with van der Waals surface area (Å²) in [4.78, 5) is 14.9. The average molecular weight is 328 g/mol. The van der Waals surface area contributed by atoms with Crippen LogP contribution in [0.2, 0.25) is 0 Å². The quantitative estimate of drug-likeness (QED) is 0.932. The second kappa shape index (κ2) is 7.05. The van der Waals surface area contributed by atoms with E-state index in [9.17, 15) is 4.79 Å². The third-order valence-electron chi connectivity index (χ3n) is 4.63. The third-order valence-corrected chi connectivity index (χ3v) is 4.63. The van der Waals surface area contributed by atoms with Gasteiger partial charge in [-0.05, 0) is 30.9 Å². The Bertz CT molecular complexity index is 698. The third kappa shape index (κ3) is 3.14. The number of rotatable bonds is 4. The highest BCUT2D eigenvalue weighted by molar-refractivity contribution is 5.95. The maximum absolute atomic E-state index is 13.0. The fourth-order valence-corrected chi connectivity index (χ4v) is 3.25. The van der Waals surface area contributed by atoms with Gasteiger partial charge in [-0.15, -0.1) is 0 Å². The molecule has 0 aliphatic carbocycles. The number of carbonyl (C=O) groups excluding carboxylic acids is 1. The molecule has 1 aliphatic rings. The van der Waals surface area contributed by atoms with Gasteiger partial charge in [-0.3, -0.25) is 4.79 Å². The smallest absolute Gasteiger partial charge is 0.278 e. The predicted octanol–water partition coefficient (Wildman–Crippen LogP) is 2.08. The molecule has 0 radical (unpaired) electrons. The largest absolute Gasteiger partial charge is 0.493 e. The molecule has 1 aromatic carbocycles. The minimum atomic E-state index is -0.108. The first-order valence-electron chi connectivity index (χ1n) is 8.34. The van der Waals surface area contributed by atoms with Crippen LogP contribution in [0.5, 0.6) is 5.75 Å². The van der Waals surface area contributed by atoms with Crippen LogP contribution < -0.4 is 10.5 Å². The lowest BCUT2D eigenvalue weighted by Crippen LogP contribution is -2.49. The SMILES string of the molecule is COc1cn(-c2ccccc2)nc1C(=O)N1CCC(C)CC1CN. The number of amides is 1. The van der Waals surface area contributed by atoms with E-state index in [0.717, 1.165) is 18.5 Å². The van der Waals surface area contributed by atoms with Crippen molar-refractivity contribution in [1.29, 1.82) is 0 Å². The van der Waals surface area contributed by atoms with E-state index >= 15 is 0 Å². The molecule has 1 aliphatic heterocycles. The Morgan fingerprint density at radius 1 is 1.38 bits per heavy atom. The Morgan fingerprint density at radius 2 is 2.12 bits per heavy atom. The van der Waals surface area contributed by atoms with E-state index in [1.54, 1.807) is 18.0 Å². The van der Waals surface area contributed by atoms with Gasteiger partial charge in [-0.2, -0.15) is 5.10 Å². The van der Waals surface area contributed by atoms with Gasteiger partial charge in [0, 0.05) is 19.1 Å². The second-order valence-corrected chi connectivity index (χ2v) is 6.34. The van der Waals surface area contributed by atoms with Crippen molar-refractivity contribution < 1.29 is 9.53 Å². The van der Waals surface area contributed by atoms with Crippen LogP contribution in [-0.2, 0) is 0 Å². The van der Waals surface area contributed by atoms with Gasteiger partial charge in [0.1, 0.15) is 0 Å². The number of piperidine rings is 1. The van der Waals surface area contributed by atoms with Gasteiger partial charge in [-0.25, -0.2) is 4.68 Å². The number of para-hydroxylation sites is 1. The van der Waals surface area contributed by atoms with Crippen LogP contribution in [0.25, 0.3) is 5.69 Å². The van der Waals surface area contributed by atoms with Crippen LogP contribution in [0.1, 0.15) is 30.3 Å². The molecule has 1 fully saturated rings. The normalized spacial score (nSPS) is 20.9. The highest BCUT2D eigenvalue weighted by atomic mass is 16.5. The van der Waals surface area contributed by atoms with Gasteiger partial charge >= 0.3 is 0 Å². The minimum Gasteiger partial charge on any atom is -0.493 e. The first-order chi connectivity index (χ1) is 11.6. The molecule has 24 heavy (non-hydrogen) atoms. The summed E-state index contributed by atoms with van der Waals surface area (Å²) in [7, 11) is 1.56. The Labute approximate surface area is 142 Å². The zero-order valence-corrected chi connectivity index (χ0v) is 14.2. The van der Waals surface area contributed by atoms with E-state index in [-0.39, 0.29) is 11.9 Å². The van der Waals surface area contributed by atoms with Gasteiger partial charge in [-0.1, -0.05) is 25.1 Å². The molecular weight excluding hydrogens is 304 g/mol. The zero-order valence-electron chi connectivity index (χ0n) is 14.2. The fourth-order valence-electron chi connectivity index (χ4n) is 3.25. The molecule has 0 bridgehead atoms. The van der Waals surface area contributed by atoms with E-state index in [0.29, 0.717) is 30.5 Å². The molecule has 2 N–H and O–H groups in total. The zero-order chi connectivity index (χ0) is 17.1. The highest BCUT2D eigenvalue weighted by Crippen LogP contribution is 2.27. The Kier molecular flexibility index (Phi) is 4.85. The van der Waals surface area contributed by atoms with Crippen molar-refractivity contribution in [3.63, 3.8) is 0 Å². The molecule has 128 valence electrons. The van der Waals surface area contributed by atoms with Crippen LogP contribution in [0.4, 0.5) is 0 Å². The molecule has 3 rings (SSSR count). The molecule has 1 aromatic heterocycles. The predicted molar refractivity (Wildman–Crippen MR) is 92.4 cm³/mol. The van der Waals surface area contributed by atoms with E-state index in [4.69, 9.17) is 10.5 Å². The summed E-state index contributed by atoms with van der Waals surface area (Å²) < 4.78 is 7.06.